The minimum atomic E-state index is 0.229. The molecule has 2 heterocycles. The highest BCUT2D eigenvalue weighted by Crippen LogP contribution is 2.20. The van der Waals surface area contributed by atoms with Crippen LogP contribution in [0.3, 0.4) is 0 Å². The number of benzene rings is 2. The number of nitrogens with zero attached hydrogens (tertiary/aromatic N) is 2. The molecule has 0 fully saturated rings. The van der Waals surface area contributed by atoms with Crippen LogP contribution in [0, 0.1) is 13.8 Å². The maximum Gasteiger partial charge on any atom is 0.233 e. The second-order valence-corrected chi connectivity index (χ2v) is 8.44. The molecule has 0 bridgehead atoms. The van der Waals surface area contributed by atoms with Gasteiger partial charge in [-0.05, 0) is 37.1 Å². The van der Waals surface area contributed by atoms with Gasteiger partial charge in [0.15, 0.2) is 0 Å². The van der Waals surface area contributed by atoms with Crippen LogP contribution in [0.5, 0.6) is 0 Å². The maximum atomic E-state index is 5.95. The van der Waals surface area contributed by atoms with Crippen molar-refractivity contribution >= 4 is 17.7 Å². The molecule has 0 saturated heterocycles. The minimum Gasteiger partial charge on any atom is -0.474 e. The molecule has 0 unspecified atom stereocenters. The van der Waals surface area contributed by atoms with E-state index in [4.69, 9.17) is 9.73 Å². The summed E-state index contributed by atoms with van der Waals surface area (Å²) in [6.07, 6.45) is 2.10. The summed E-state index contributed by atoms with van der Waals surface area (Å²) in [7, 11) is 0. The Kier molecular flexibility index (Phi) is 5.87. The molecule has 3 aromatic rings. The maximum absolute atomic E-state index is 5.95. The van der Waals surface area contributed by atoms with Crippen LogP contribution in [0.25, 0.3) is 0 Å². The summed E-state index contributed by atoms with van der Waals surface area (Å²) in [5, 5.41) is 0. The Morgan fingerprint density at radius 1 is 1.00 bits per heavy atom. The molecule has 144 valence electrons. The zero-order valence-corrected chi connectivity index (χ0v) is 17.3. The van der Waals surface area contributed by atoms with Crippen molar-refractivity contribution in [3.8, 4) is 0 Å². The summed E-state index contributed by atoms with van der Waals surface area (Å²) in [6.45, 7) is 5.77. The largest absolute Gasteiger partial charge is 0.474 e. The van der Waals surface area contributed by atoms with Gasteiger partial charge in [0.25, 0.3) is 0 Å². The van der Waals surface area contributed by atoms with E-state index < -0.39 is 0 Å². The van der Waals surface area contributed by atoms with E-state index in [-0.39, 0.29) is 6.04 Å². The molecule has 2 aromatic carbocycles. The highest BCUT2D eigenvalue weighted by molar-refractivity contribution is 7.98. The lowest BCUT2D eigenvalue weighted by molar-refractivity contribution is 0.323. The average molecular weight is 391 g/mol. The van der Waals surface area contributed by atoms with Gasteiger partial charge in [0.2, 0.25) is 5.90 Å². The lowest BCUT2D eigenvalue weighted by Gasteiger charge is -2.09. The van der Waals surface area contributed by atoms with Gasteiger partial charge in [-0.2, -0.15) is 11.8 Å². The fourth-order valence-electron chi connectivity index (χ4n) is 3.51. The number of thioether (sulfide) groups is 1. The van der Waals surface area contributed by atoms with Gasteiger partial charge in [-0.25, -0.2) is 4.99 Å². The Bertz CT molecular complexity index is 976. The van der Waals surface area contributed by atoms with Crippen LogP contribution in [-0.2, 0) is 17.0 Å². The van der Waals surface area contributed by atoms with E-state index in [9.17, 15) is 0 Å². The number of ether oxygens (including phenoxy) is 1. The number of hydrogen-bond acceptors (Lipinski definition) is 3. The Morgan fingerprint density at radius 3 is 2.54 bits per heavy atom. The first-order valence-corrected chi connectivity index (χ1v) is 10.9. The molecule has 1 aliphatic rings. The summed E-state index contributed by atoms with van der Waals surface area (Å²) in [6, 6.07) is 21.7. The number of hydrogen-bond donors (Lipinski definition) is 0. The summed E-state index contributed by atoms with van der Waals surface area (Å²) >= 11 is 1.93. The first-order chi connectivity index (χ1) is 13.7. The van der Waals surface area contributed by atoms with E-state index in [0.717, 1.165) is 29.6 Å². The van der Waals surface area contributed by atoms with E-state index in [1.54, 1.807) is 0 Å². The molecule has 0 saturated carbocycles. The minimum absolute atomic E-state index is 0.229. The highest BCUT2D eigenvalue weighted by Gasteiger charge is 2.22. The van der Waals surface area contributed by atoms with Gasteiger partial charge in [-0.3, -0.25) is 0 Å². The lowest BCUT2D eigenvalue weighted by atomic mass is 10.1. The van der Waals surface area contributed by atoms with Crippen molar-refractivity contribution < 1.29 is 4.74 Å². The van der Waals surface area contributed by atoms with Gasteiger partial charge in [-0.15, -0.1) is 0 Å². The molecule has 1 aromatic heterocycles. The van der Waals surface area contributed by atoms with Crippen molar-refractivity contribution in [2.75, 3.05) is 12.4 Å². The van der Waals surface area contributed by atoms with Gasteiger partial charge < -0.3 is 9.30 Å². The van der Waals surface area contributed by atoms with Gasteiger partial charge in [0, 0.05) is 24.2 Å². The summed E-state index contributed by atoms with van der Waals surface area (Å²) in [5.41, 5.74) is 6.33. The third kappa shape index (κ3) is 4.68. The lowest BCUT2D eigenvalue weighted by Crippen LogP contribution is -2.11. The molecule has 0 spiro atoms. The van der Waals surface area contributed by atoms with Crippen molar-refractivity contribution in [2.24, 2.45) is 4.99 Å². The van der Waals surface area contributed by atoms with E-state index in [0.29, 0.717) is 6.61 Å². The quantitative estimate of drug-likeness (QED) is 0.552. The molecule has 4 heteroatoms. The Labute approximate surface area is 171 Å². The van der Waals surface area contributed by atoms with Crippen LogP contribution in [0.2, 0.25) is 0 Å². The fourth-order valence-corrected chi connectivity index (χ4v) is 4.48. The zero-order chi connectivity index (χ0) is 19.3. The molecule has 3 nitrogen and oxygen atoms in total. The van der Waals surface area contributed by atoms with Crippen LogP contribution < -0.4 is 0 Å². The first-order valence-electron chi connectivity index (χ1n) is 9.72. The monoisotopic (exact) mass is 390 g/mol. The molecule has 0 N–H and O–H groups in total. The standard InChI is InChI=1S/C24H26N2OS/c1-18-6-3-8-20(12-18)14-26-11-5-10-23(26)24-25-22(15-27-24)17-28-16-21-9-4-7-19(2)13-21/h3-13,22H,14-17H2,1-2H3/t22-/m1/s1. The smallest absolute Gasteiger partial charge is 0.233 e. The number of aryl methyl sites for hydroxylation is 2. The molecule has 4 rings (SSSR count). The Hall–Kier alpha value is -2.46. The second kappa shape index (κ2) is 8.70. The van der Waals surface area contributed by atoms with Crippen LogP contribution in [-0.4, -0.2) is 28.9 Å². The van der Waals surface area contributed by atoms with Crippen LogP contribution in [0.15, 0.2) is 71.9 Å². The molecule has 1 aliphatic heterocycles. The van der Waals surface area contributed by atoms with Crippen molar-refractivity contribution in [1.82, 2.24) is 4.57 Å². The normalized spacial score (nSPS) is 16.1. The van der Waals surface area contributed by atoms with E-state index in [1.807, 2.05) is 11.8 Å². The topological polar surface area (TPSA) is 26.5 Å². The van der Waals surface area contributed by atoms with Gasteiger partial charge in [0.05, 0.1) is 6.04 Å². The summed E-state index contributed by atoms with van der Waals surface area (Å²) in [5.74, 6) is 2.78. The highest BCUT2D eigenvalue weighted by atomic mass is 32.2. The predicted octanol–water partition coefficient (Wildman–Crippen LogP) is 5.23. The molecular formula is C24H26N2OS. The van der Waals surface area contributed by atoms with Gasteiger partial charge in [-0.1, -0.05) is 59.7 Å². The third-order valence-electron chi connectivity index (χ3n) is 4.86. The fraction of sp³-hybridized carbons (Fsp3) is 0.292. The SMILES string of the molecule is Cc1cccc(CSC[C@H]2COC(c3cccn3Cc3cccc(C)c3)=N2)c1. The molecule has 28 heavy (non-hydrogen) atoms. The molecular weight excluding hydrogens is 364 g/mol. The Morgan fingerprint density at radius 2 is 1.75 bits per heavy atom. The van der Waals surface area contributed by atoms with Crippen molar-refractivity contribution in [3.63, 3.8) is 0 Å². The number of aromatic nitrogens is 1. The third-order valence-corrected chi connectivity index (χ3v) is 6.02. The molecule has 0 amide bonds. The van der Waals surface area contributed by atoms with Gasteiger partial charge in [0.1, 0.15) is 12.3 Å². The van der Waals surface area contributed by atoms with Crippen LogP contribution >= 0.6 is 11.8 Å². The van der Waals surface area contributed by atoms with Gasteiger partial charge >= 0.3 is 0 Å². The van der Waals surface area contributed by atoms with Crippen molar-refractivity contribution in [1.29, 1.82) is 0 Å². The van der Waals surface area contributed by atoms with E-state index in [1.165, 1.54) is 22.3 Å². The number of rotatable bonds is 7. The predicted molar refractivity (Wildman–Crippen MR) is 118 cm³/mol. The van der Waals surface area contributed by atoms with E-state index in [2.05, 4.69) is 85.3 Å². The Balaban J connectivity index is 1.37. The van der Waals surface area contributed by atoms with Crippen LogP contribution in [0.1, 0.15) is 27.9 Å². The molecule has 0 aliphatic carbocycles. The number of aliphatic imine (C=N–C) groups is 1. The average Bonchev–Trinajstić information content (AvgIpc) is 3.31. The second-order valence-electron chi connectivity index (χ2n) is 7.41. The van der Waals surface area contributed by atoms with E-state index >= 15 is 0 Å². The summed E-state index contributed by atoms with van der Waals surface area (Å²) < 4.78 is 8.17. The first kappa shape index (κ1) is 18.9. The molecule has 1 atom stereocenters. The van der Waals surface area contributed by atoms with Crippen LogP contribution in [0.4, 0.5) is 0 Å². The van der Waals surface area contributed by atoms with Crippen molar-refractivity contribution in [3.05, 3.63) is 94.8 Å². The van der Waals surface area contributed by atoms with Crippen molar-refractivity contribution in [2.45, 2.75) is 32.2 Å². The molecule has 0 radical (unpaired) electrons. The zero-order valence-electron chi connectivity index (χ0n) is 16.5. The summed E-state index contributed by atoms with van der Waals surface area (Å²) in [4.78, 5) is 4.85.